The quantitative estimate of drug-likeness (QED) is 0.737. The van der Waals surface area contributed by atoms with Gasteiger partial charge in [-0.1, -0.05) is 28.1 Å². The molecule has 0 bridgehead atoms. The van der Waals surface area contributed by atoms with Crippen molar-refractivity contribution in [1.29, 1.82) is 0 Å². The van der Waals surface area contributed by atoms with E-state index in [0.29, 0.717) is 0 Å². The first kappa shape index (κ1) is 8.71. The number of aliphatic hydroxyl groups is 1. The van der Waals surface area contributed by atoms with Crippen molar-refractivity contribution >= 4 is 15.9 Å². The maximum Gasteiger partial charge on any atom is 0.130 e. The highest BCUT2D eigenvalue weighted by molar-refractivity contribution is 9.10. The van der Waals surface area contributed by atoms with Crippen LogP contribution in [0.3, 0.4) is 0 Å². The zero-order chi connectivity index (χ0) is 8.27. The molecule has 1 unspecified atom stereocenters. The van der Waals surface area contributed by atoms with Crippen molar-refractivity contribution < 1.29 is 5.11 Å². The third-order valence-corrected chi connectivity index (χ3v) is 1.93. The zero-order valence-corrected chi connectivity index (χ0v) is 7.80. The van der Waals surface area contributed by atoms with Crippen LogP contribution < -0.4 is 5.32 Å². The van der Waals surface area contributed by atoms with E-state index >= 15 is 0 Å². The lowest BCUT2D eigenvalue weighted by molar-refractivity contribution is 0.149. The van der Waals surface area contributed by atoms with Crippen molar-refractivity contribution in [2.75, 3.05) is 7.05 Å². The summed E-state index contributed by atoms with van der Waals surface area (Å²) in [6.45, 7) is 0. The molecule has 1 atom stereocenters. The molecule has 0 spiro atoms. The van der Waals surface area contributed by atoms with Gasteiger partial charge in [0.05, 0.1) is 0 Å². The number of aliphatic hydroxyl groups excluding tert-OH is 1. The molecule has 0 heterocycles. The van der Waals surface area contributed by atoms with E-state index in [2.05, 4.69) is 21.2 Å². The van der Waals surface area contributed by atoms with Gasteiger partial charge in [0.1, 0.15) is 6.23 Å². The van der Waals surface area contributed by atoms with Gasteiger partial charge in [0, 0.05) is 4.47 Å². The SMILES string of the molecule is CNC(O)c1cccc(Br)c1. The summed E-state index contributed by atoms with van der Waals surface area (Å²) in [5.41, 5.74) is 0.863. The van der Waals surface area contributed by atoms with Gasteiger partial charge in [-0.2, -0.15) is 0 Å². The molecule has 0 saturated carbocycles. The fraction of sp³-hybridized carbons (Fsp3) is 0.250. The Bertz CT molecular complexity index is 239. The van der Waals surface area contributed by atoms with Crippen molar-refractivity contribution in [3.05, 3.63) is 34.3 Å². The van der Waals surface area contributed by atoms with Gasteiger partial charge >= 0.3 is 0 Å². The van der Waals surface area contributed by atoms with Crippen LogP contribution in [0.5, 0.6) is 0 Å². The minimum Gasteiger partial charge on any atom is -0.374 e. The van der Waals surface area contributed by atoms with Crippen molar-refractivity contribution in [3.63, 3.8) is 0 Å². The zero-order valence-electron chi connectivity index (χ0n) is 6.21. The minimum atomic E-state index is -0.576. The van der Waals surface area contributed by atoms with Crippen molar-refractivity contribution in [2.24, 2.45) is 0 Å². The lowest BCUT2D eigenvalue weighted by Gasteiger charge is -2.08. The monoisotopic (exact) mass is 215 g/mol. The van der Waals surface area contributed by atoms with Gasteiger partial charge in [0.15, 0.2) is 0 Å². The Morgan fingerprint density at radius 2 is 2.27 bits per heavy atom. The summed E-state index contributed by atoms with van der Waals surface area (Å²) in [6.07, 6.45) is -0.576. The second kappa shape index (κ2) is 3.85. The van der Waals surface area contributed by atoms with Crippen molar-refractivity contribution in [2.45, 2.75) is 6.23 Å². The van der Waals surface area contributed by atoms with Crippen molar-refractivity contribution in [1.82, 2.24) is 5.32 Å². The predicted molar refractivity (Wildman–Crippen MR) is 48.2 cm³/mol. The van der Waals surface area contributed by atoms with Crippen LogP contribution in [-0.2, 0) is 0 Å². The molecule has 0 aliphatic carbocycles. The highest BCUT2D eigenvalue weighted by atomic mass is 79.9. The van der Waals surface area contributed by atoms with Crippen LogP contribution in [0.4, 0.5) is 0 Å². The molecule has 0 aromatic heterocycles. The van der Waals surface area contributed by atoms with E-state index in [9.17, 15) is 5.11 Å². The van der Waals surface area contributed by atoms with E-state index in [1.807, 2.05) is 24.3 Å². The van der Waals surface area contributed by atoms with Crippen LogP contribution >= 0.6 is 15.9 Å². The van der Waals surface area contributed by atoms with Crippen LogP contribution in [0.1, 0.15) is 11.8 Å². The summed E-state index contributed by atoms with van der Waals surface area (Å²) in [5, 5.41) is 12.1. The van der Waals surface area contributed by atoms with E-state index in [0.717, 1.165) is 10.0 Å². The van der Waals surface area contributed by atoms with Gasteiger partial charge in [-0.25, -0.2) is 0 Å². The molecule has 0 radical (unpaired) electrons. The van der Waals surface area contributed by atoms with Gasteiger partial charge in [-0.15, -0.1) is 0 Å². The molecule has 1 aromatic rings. The smallest absolute Gasteiger partial charge is 0.130 e. The average molecular weight is 216 g/mol. The summed E-state index contributed by atoms with van der Waals surface area (Å²) in [5.74, 6) is 0. The molecule has 0 aliphatic heterocycles. The maximum atomic E-state index is 9.32. The number of benzene rings is 1. The summed E-state index contributed by atoms with van der Waals surface area (Å²) < 4.78 is 0.976. The van der Waals surface area contributed by atoms with E-state index in [4.69, 9.17) is 0 Å². The number of nitrogens with one attached hydrogen (secondary N) is 1. The minimum absolute atomic E-state index is 0.576. The van der Waals surface area contributed by atoms with E-state index in [1.54, 1.807) is 7.05 Å². The molecule has 60 valence electrons. The predicted octanol–water partition coefficient (Wildman–Crippen LogP) is 1.66. The second-order valence-corrected chi connectivity index (χ2v) is 3.16. The number of hydrogen-bond acceptors (Lipinski definition) is 2. The van der Waals surface area contributed by atoms with Crippen LogP contribution in [0.2, 0.25) is 0 Å². The van der Waals surface area contributed by atoms with E-state index in [-0.39, 0.29) is 0 Å². The van der Waals surface area contributed by atoms with Crippen LogP contribution in [0, 0.1) is 0 Å². The Balaban J connectivity index is 2.86. The molecule has 1 rings (SSSR count). The topological polar surface area (TPSA) is 32.3 Å². The van der Waals surface area contributed by atoms with Crippen molar-refractivity contribution in [3.8, 4) is 0 Å². The Labute approximate surface area is 74.4 Å². The normalized spacial score (nSPS) is 13.0. The molecule has 2 N–H and O–H groups in total. The maximum absolute atomic E-state index is 9.32. The fourth-order valence-electron chi connectivity index (χ4n) is 0.843. The molecular formula is C8H10BrNO. The molecule has 2 nitrogen and oxygen atoms in total. The molecular weight excluding hydrogens is 206 g/mol. The number of rotatable bonds is 2. The lowest BCUT2D eigenvalue weighted by Crippen LogP contribution is -2.14. The first-order chi connectivity index (χ1) is 5.24. The number of halogens is 1. The van der Waals surface area contributed by atoms with Gasteiger partial charge < -0.3 is 5.11 Å². The molecule has 0 fully saturated rings. The Morgan fingerprint density at radius 3 is 2.82 bits per heavy atom. The molecule has 11 heavy (non-hydrogen) atoms. The molecule has 0 amide bonds. The third-order valence-electron chi connectivity index (χ3n) is 1.44. The molecule has 0 aliphatic rings. The molecule has 3 heteroatoms. The third kappa shape index (κ3) is 2.29. The summed E-state index contributed by atoms with van der Waals surface area (Å²) >= 11 is 3.32. The van der Waals surface area contributed by atoms with Crippen LogP contribution in [0.25, 0.3) is 0 Å². The lowest BCUT2D eigenvalue weighted by atomic mass is 10.2. The van der Waals surface area contributed by atoms with Crippen LogP contribution in [-0.4, -0.2) is 12.2 Å². The Hall–Kier alpha value is -0.380. The highest BCUT2D eigenvalue weighted by Crippen LogP contribution is 2.15. The molecule has 1 aromatic carbocycles. The highest BCUT2D eigenvalue weighted by Gasteiger charge is 2.02. The van der Waals surface area contributed by atoms with Gasteiger partial charge in [0.25, 0.3) is 0 Å². The Kier molecular flexibility index (Phi) is 3.05. The second-order valence-electron chi connectivity index (χ2n) is 2.25. The summed E-state index contributed by atoms with van der Waals surface area (Å²) in [7, 11) is 1.71. The van der Waals surface area contributed by atoms with Gasteiger partial charge in [-0.3, -0.25) is 5.32 Å². The van der Waals surface area contributed by atoms with Gasteiger partial charge in [0.2, 0.25) is 0 Å². The standard InChI is InChI=1S/C8H10BrNO/c1-10-8(11)6-3-2-4-7(9)5-6/h2-5,8,10-11H,1H3. The van der Waals surface area contributed by atoms with Crippen LogP contribution in [0.15, 0.2) is 28.7 Å². The Morgan fingerprint density at radius 1 is 1.55 bits per heavy atom. The first-order valence-corrected chi connectivity index (χ1v) is 4.14. The summed E-state index contributed by atoms with van der Waals surface area (Å²) in [4.78, 5) is 0. The molecule has 0 saturated heterocycles. The number of hydrogen-bond donors (Lipinski definition) is 2. The average Bonchev–Trinajstić information content (AvgIpc) is 2.03. The fourth-order valence-corrected chi connectivity index (χ4v) is 1.26. The van der Waals surface area contributed by atoms with Gasteiger partial charge in [-0.05, 0) is 24.7 Å². The first-order valence-electron chi connectivity index (χ1n) is 3.35. The van der Waals surface area contributed by atoms with E-state index < -0.39 is 6.23 Å². The largest absolute Gasteiger partial charge is 0.374 e. The summed E-state index contributed by atoms with van der Waals surface area (Å²) in [6, 6.07) is 7.55. The van der Waals surface area contributed by atoms with E-state index in [1.165, 1.54) is 0 Å².